The summed E-state index contributed by atoms with van der Waals surface area (Å²) in [5.41, 5.74) is 0.921. The number of halogens is 2. The number of hydrogen-bond donors (Lipinski definition) is 2. The lowest BCUT2D eigenvalue weighted by atomic mass is 9.82. The molecule has 0 radical (unpaired) electrons. The molecule has 0 heterocycles. The number of carboxylic acid groups (broad SMARTS) is 1. The van der Waals surface area contributed by atoms with Crippen LogP contribution in [0.4, 0.5) is 4.39 Å². The summed E-state index contributed by atoms with van der Waals surface area (Å²) >= 11 is 3.13. The van der Waals surface area contributed by atoms with Crippen molar-refractivity contribution in [3.05, 3.63) is 34.1 Å². The first kappa shape index (κ1) is 15.4. The standard InChI is InChI=1S/C15H19BrFNO2/c16-13-6-3-11(7-14(13)17)9-18-8-10-1-4-12(5-2-10)15(19)20/h3,6-7,10,12,18H,1-2,4-5,8-9H2,(H,19,20). The SMILES string of the molecule is O=C(O)C1CCC(CNCc2ccc(Br)c(F)c2)CC1. The summed E-state index contributed by atoms with van der Waals surface area (Å²) < 4.78 is 13.8. The van der Waals surface area contributed by atoms with E-state index in [0.717, 1.165) is 37.8 Å². The monoisotopic (exact) mass is 343 g/mol. The highest BCUT2D eigenvalue weighted by molar-refractivity contribution is 9.10. The van der Waals surface area contributed by atoms with Crippen LogP contribution < -0.4 is 5.32 Å². The fourth-order valence-corrected chi connectivity index (χ4v) is 2.93. The maximum absolute atomic E-state index is 13.3. The highest BCUT2D eigenvalue weighted by Crippen LogP contribution is 2.28. The minimum Gasteiger partial charge on any atom is -0.481 e. The van der Waals surface area contributed by atoms with Crippen molar-refractivity contribution in [2.75, 3.05) is 6.54 Å². The number of nitrogens with one attached hydrogen (secondary N) is 1. The predicted octanol–water partition coefficient (Wildman–Crippen LogP) is 3.57. The molecule has 2 rings (SSSR count). The number of hydrogen-bond acceptors (Lipinski definition) is 2. The first-order valence-electron chi connectivity index (χ1n) is 6.93. The van der Waals surface area contributed by atoms with Crippen molar-refractivity contribution < 1.29 is 14.3 Å². The zero-order valence-corrected chi connectivity index (χ0v) is 12.8. The normalized spacial score (nSPS) is 22.7. The Morgan fingerprint density at radius 3 is 2.65 bits per heavy atom. The molecule has 0 aliphatic heterocycles. The molecule has 1 aliphatic carbocycles. The maximum Gasteiger partial charge on any atom is 0.306 e. The van der Waals surface area contributed by atoms with E-state index in [0.29, 0.717) is 16.9 Å². The van der Waals surface area contributed by atoms with Crippen LogP contribution in [0.5, 0.6) is 0 Å². The summed E-state index contributed by atoms with van der Waals surface area (Å²) in [6.07, 6.45) is 3.46. The zero-order chi connectivity index (χ0) is 14.5. The first-order chi connectivity index (χ1) is 9.56. The molecule has 0 amide bonds. The lowest BCUT2D eigenvalue weighted by Crippen LogP contribution is -2.28. The van der Waals surface area contributed by atoms with Gasteiger partial charge in [0.15, 0.2) is 0 Å². The molecule has 1 aromatic carbocycles. The van der Waals surface area contributed by atoms with E-state index in [1.54, 1.807) is 6.07 Å². The maximum atomic E-state index is 13.3. The Morgan fingerprint density at radius 2 is 2.05 bits per heavy atom. The predicted molar refractivity (Wildman–Crippen MR) is 78.9 cm³/mol. The zero-order valence-electron chi connectivity index (χ0n) is 11.2. The van der Waals surface area contributed by atoms with Gasteiger partial charge in [0.05, 0.1) is 10.4 Å². The number of carboxylic acids is 1. The molecule has 0 aromatic heterocycles. The summed E-state index contributed by atoms with van der Waals surface area (Å²) in [6, 6.07) is 5.13. The number of rotatable bonds is 5. The van der Waals surface area contributed by atoms with Crippen molar-refractivity contribution in [3.8, 4) is 0 Å². The summed E-state index contributed by atoms with van der Waals surface area (Å²) in [5, 5.41) is 12.3. The van der Waals surface area contributed by atoms with Gasteiger partial charge in [-0.3, -0.25) is 4.79 Å². The van der Waals surface area contributed by atoms with E-state index in [2.05, 4.69) is 21.2 Å². The molecule has 1 aliphatic rings. The molecule has 0 unspecified atom stereocenters. The average Bonchev–Trinajstić information content (AvgIpc) is 2.43. The lowest BCUT2D eigenvalue weighted by molar-refractivity contribution is -0.143. The van der Waals surface area contributed by atoms with Gasteiger partial charge in [-0.1, -0.05) is 6.07 Å². The molecule has 3 nitrogen and oxygen atoms in total. The Labute approximate surface area is 126 Å². The van der Waals surface area contributed by atoms with Gasteiger partial charge in [0, 0.05) is 6.54 Å². The third-order valence-electron chi connectivity index (χ3n) is 3.94. The van der Waals surface area contributed by atoms with Crippen LogP contribution in [0.2, 0.25) is 0 Å². The van der Waals surface area contributed by atoms with Gasteiger partial charge in [-0.15, -0.1) is 0 Å². The van der Waals surface area contributed by atoms with Crippen molar-refractivity contribution in [3.63, 3.8) is 0 Å². The van der Waals surface area contributed by atoms with Crippen LogP contribution in [0.1, 0.15) is 31.2 Å². The number of benzene rings is 1. The van der Waals surface area contributed by atoms with Crippen LogP contribution in [-0.4, -0.2) is 17.6 Å². The second-order valence-electron chi connectivity index (χ2n) is 5.44. The fraction of sp³-hybridized carbons (Fsp3) is 0.533. The number of carbonyl (C=O) groups is 1. The molecule has 0 saturated heterocycles. The highest BCUT2D eigenvalue weighted by Gasteiger charge is 2.25. The van der Waals surface area contributed by atoms with Gasteiger partial charge in [0.25, 0.3) is 0 Å². The van der Waals surface area contributed by atoms with E-state index in [4.69, 9.17) is 5.11 Å². The largest absolute Gasteiger partial charge is 0.481 e. The second kappa shape index (κ2) is 7.18. The molecule has 2 N–H and O–H groups in total. The Balaban J connectivity index is 1.71. The van der Waals surface area contributed by atoms with Gasteiger partial charge < -0.3 is 10.4 Å². The van der Waals surface area contributed by atoms with E-state index in [1.165, 1.54) is 6.07 Å². The van der Waals surface area contributed by atoms with E-state index >= 15 is 0 Å². The molecule has 20 heavy (non-hydrogen) atoms. The van der Waals surface area contributed by atoms with Gasteiger partial charge in [-0.05, 0) is 71.8 Å². The molecule has 5 heteroatoms. The molecular weight excluding hydrogens is 325 g/mol. The van der Waals surface area contributed by atoms with E-state index in [-0.39, 0.29) is 11.7 Å². The molecular formula is C15H19BrFNO2. The van der Waals surface area contributed by atoms with Crippen molar-refractivity contribution in [1.29, 1.82) is 0 Å². The fourth-order valence-electron chi connectivity index (χ4n) is 2.68. The third kappa shape index (κ3) is 4.28. The lowest BCUT2D eigenvalue weighted by Gasteiger charge is -2.26. The smallest absolute Gasteiger partial charge is 0.306 e. The highest BCUT2D eigenvalue weighted by atomic mass is 79.9. The van der Waals surface area contributed by atoms with Crippen LogP contribution >= 0.6 is 15.9 Å². The van der Waals surface area contributed by atoms with Crippen LogP contribution in [0, 0.1) is 17.7 Å². The van der Waals surface area contributed by atoms with Gasteiger partial charge in [-0.2, -0.15) is 0 Å². The Morgan fingerprint density at radius 1 is 1.35 bits per heavy atom. The van der Waals surface area contributed by atoms with Gasteiger partial charge in [-0.25, -0.2) is 4.39 Å². The molecule has 0 atom stereocenters. The van der Waals surface area contributed by atoms with E-state index in [1.807, 2.05) is 6.07 Å². The second-order valence-corrected chi connectivity index (χ2v) is 6.29. The van der Waals surface area contributed by atoms with Crippen molar-refractivity contribution in [1.82, 2.24) is 5.32 Å². The molecule has 1 aromatic rings. The summed E-state index contributed by atoms with van der Waals surface area (Å²) in [4.78, 5) is 10.9. The quantitative estimate of drug-likeness (QED) is 0.859. The van der Waals surface area contributed by atoms with Crippen LogP contribution in [-0.2, 0) is 11.3 Å². The summed E-state index contributed by atoms with van der Waals surface area (Å²) in [5.74, 6) is -0.536. The Kier molecular flexibility index (Phi) is 5.54. The first-order valence-corrected chi connectivity index (χ1v) is 7.73. The van der Waals surface area contributed by atoms with Gasteiger partial charge in [0.1, 0.15) is 5.82 Å². The van der Waals surface area contributed by atoms with E-state index < -0.39 is 5.97 Å². The van der Waals surface area contributed by atoms with Crippen molar-refractivity contribution in [2.45, 2.75) is 32.2 Å². The third-order valence-corrected chi connectivity index (χ3v) is 4.59. The molecule has 1 fully saturated rings. The minimum atomic E-state index is -0.665. The van der Waals surface area contributed by atoms with Gasteiger partial charge in [0.2, 0.25) is 0 Å². The minimum absolute atomic E-state index is 0.160. The molecule has 0 spiro atoms. The number of aliphatic carboxylic acids is 1. The van der Waals surface area contributed by atoms with Crippen molar-refractivity contribution in [2.24, 2.45) is 11.8 Å². The van der Waals surface area contributed by atoms with Gasteiger partial charge >= 0.3 is 5.97 Å². The summed E-state index contributed by atoms with van der Waals surface area (Å²) in [6.45, 7) is 1.51. The van der Waals surface area contributed by atoms with Crippen LogP contribution in [0.15, 0.2) is 22.7 Å². The summed E-state index contributed by atoms with van der Waals surface area (Å²) in [7, 11) is 0. The van der Waals surface area contributed by atoms with Crippen LogP contribution in [0.3, 0.4) is 0 Å². The molecule has 0 bridgehead atoms. The Bertz CT molecular complexity index is 473. The average molecular weight is 344 g/mol. The molecule has 110 valence electrons. The molecule has 1 saturated carbocycles. The van der Waals surface area contributed by atoms with E-state index in [9.17, 15) is 9.18 Å². The van der Waals surface area contributed by atoms with Crippen molar-refractivity contribution >= 4 is 21.9 Å². The Hall–Kier alpha value is -0.940. The topological polar surface area (TPSA) is 49.3 Å². The van der Waals surface area contributed by atoms with Crippen LogP contribution in [0.25, 0.3) is 0 Å².